The first-order valence-electron chi connectivity index (χ1n) is 9.82. The van der Waals surface area contributed by atoms with Crippen molar-refractivity contribution in [3.8, 4) is 5.75 Å². The Bertz CT molecular complexity index is 615. The Morgan fingerprint density at radius 3 is 2.64 bits per heavy atom. The molecule has 1 aromatic heterocycles. The molecule has 0 aromatic carbocycles. The maximum absolute atomic E-state index is 12.9. The molecule has 1 aliphatic carbocycles. The van der Waals surface area contributed by atoms with Crippen LogP contribution in [0.25, 0.3) is 0 Å². The smallest absolute Gasteiger partial charge is 0.240 e. The van der Waals surface area contributed by atoms with E-state index in [4.69, 9.17) is 4.74 Å². The summed E-state index contributed by atoms with van der Waals surface area (Å²) in [4.78, 5) is 19.6. The zero-order valence-electron chi connectivity index (χ0n) is 15.2. The summed E-state index contributed by atoms with van der Waals surface area (Å²) in [5, 5.41) is 3.37. The molecule has 1 N–H and O–H groups in total. The van der Waals surface area contributed by atoms with Crippen LogP contribution >= 0.6 is 0 Å². The molecule has 0 radical (unpaired) electrons. The summed E-state index contributed by atoms with van der Waals surface area (Å²) >= 11 is 0. The SMILES string of the molecule is Cc1ncccc1OC1CCC(NC(=O)C23CCCN2CCC3)CC1. The van der Waals surface area contributed by atoms with Crippen molar-refractivity contribution in [3.63, 3.8) is 0 Å². The van der Waals surface area contributed by atoms with Gasteiger partial charge in [-0.3, -0.25) is 14.7 Å². The number of aromatic nitrogens is 1. The molecule has 3 aliphatic rings. The van der Waals surface area contributed by atoms with E-state index < -0.39 is 0 Å². The van der Waals surface area contributed by atoms with Gasteiger partial charge < -0.3 is 10.1 Å². The van der Waals surface area contributed by atoms with E-state index >= 15 is 0 Å². The van der Waals surface area contributed by atoms with Crippen LogP contribution in [0.1, 0.15) is 57.1 Å². The van der Waals surface area contributed by atoms with Gasteiger partial charge in [0.25, 0.3) is 0 Å². The first kappa shape index (κ1) is 16.8. The predicted octanol–water partition coefficient (Wildman–Crippen LogP) is 2.82. The third kappa shape index (κ3) is 3.26. The zero-order chi connectivity index (χ0) is 17.3. The monoisotopic (exact) mass is 343 g/mol. The molecular formula is C20H29N3O2. The van der Waals surface area contributed by atoms with Crippen molar-refractivity contribution in [2.45, 2.75) is 76.0 Å². The van der Waals surface area contributed by atoms with Gasteiger partial charge in [-0.2, -0.15) is 0 Å². The van der Waals surface area contributed by atoms with Crippen LogP contribution in [0.2, 0.25) is 0 Å². The largest absolute Gasteiger partial charge is 0.489 e. The second-order valence-corrected chi connectivity index (χ2v) is 7.88. The Morgan fingerprint density at radius 1 is 1.24 bits per heavy atom. The van der Waals surface area contributed by atoms with E-state index in [2.05, 4.69) is 15.2 Å². The van der Waals surface area contributed by atoms with Crippen molar-refractivity contribution in [1.29, 1.82) is 0 Å². The van der Waals surface area contributed by atoms with Crippen LogP contribution in [0.15, 0.2) is 18.3 Å². The molecule has 0 unspecified atom stereocenters. The lowest BCUT2D eigenvalue weighted by Crippen LogP contribution is -2.55. The van der Waals surface area contributed by atoms with Gasteiger partial charge in [-0.25, -0.2) is 0 Å². The van der Waals surface area contributed by atoms with Gasteiger partial charge >= 0.3 is 0 Å². The molecule has 1 aromatic rings. The predicted molar refractivity (Wildman–Crippen MR) is 96.6 cm³/mol. The van der Waals surface area contributed by atoms with Crippen LogP contribution in [0.3, 0.4) is 0 Å². The molecule has 3 fully saturated rings. The van der Waals surface area contributed by atoms with Crippen LogP contribution < -0.4 is 10.1 Å². The van der Waals surface area contributed by atoms with Crippen molar-refractivity contribution >= 4 is 5.91 Å². The van der Waals surface area contributed by atoms with Crippen molar-refractivity contribution in [2.24, 2.45) is 0 Å². The van der Waals surface area contributed by atoms with Crippen LogP contribution in [-0.4, -0.2) is 46.6 Å². The molecule has 0 atom stereocenters. The van der Waals surface area contributed by atoms with Crippen LogP contribution in [0.5, 0.6) is 5.75 Å². The Hall–Kier alpha value is -1.62. The number of nitrogens with zero attached hydrogens (tertiary/aromatic N) is 2. The van der Waals surface area contributed by atoms with Crippen molar-refractivity contribution in [3.05, 3.63) is 24.0 Å². The van der Waals surface area contributed by atoms with Crippen LogP contribution in [0.4, 0.5) is 0 Å². The number of amides is 1. The molecule has 0 spiro atoms. The van der Waals surface area contributed by atoms with Gasteiger partial charge in [0.05, 0.1) is 11.8 Å². The summed E-state index contributed by atoms with van der Waals surface area (Å²) in [6.45, 7) is 4.17. The standard InChI is InChI=1S/C20H29N3O2/c1-15-18(5-2-12-21-15)25-17-8-6-16(7-9-17)22-19(24)20-10-3-13-23(20)14-4-11-20/h2,5,12,16-17H,3-4,6-11,13-14H2,1H3,(H,22,24). The quantitative estimate of drug-likeness (QED) is 0.913. The van der Waals surface area contributed by atoms with Gasteiger partial charge in [-0.15, -0.1) is 0 Å². The summed E-state index contributed by atoms with van der Waals surface area (Å²) in [6.07, 6.45) is 10.4. The zero-order valence-corrected chi connectivity index (χ0v) is 15.2. The van der Waals surface area contributed by atoms with Gasteiger partial charge in [0.1, 0.15) is 11.3 Å². The summed E-state index contributed by atoms with van der Waals surface area (Å²) < 4.78 is 6.12. The number of carbonyl (C=O) groups is 1. The summed E-state index contributed by atoms with van der Waals surface area (Å²) in [7, 11) is 0. The van der Waals surface area contributed by atoms with Gasteiger partial charge in [-0.05, 0) is 83.5 Å². The topological polar surface area (TPSA) is 54.5 Å². The number of nitrogens with one attached hydrogen (secondary N) is 1. The van der Waals surface area contributed by atoms with E-state index in [-0.39, 0.29) is 17.6 Å². The second-order valence-electron chi connectivity index (χ2n) is 7.88. The highest BCUT2D eigenvalue weighted by Gasteiger charge is 2.50. The van der Waals surface area contributed by atoms with E-state index in [1.165, 1.54) is 12.8 Å². The Kier molecular flexibility index (Phi) is 4.67. The fraction of sp³-hybridized carbons (Fsp3) is 0.700. The molecule has 4 rings (SSSR count). The number of aryl methyl sites for hydroxylation is 1. The second kappa shape index (κ2) is 6.94. The number of ether oxygens (including phenoxy) is 1. The lowest BCUT2D eigenvalue weighted by molar-refractivity contribution is -0.131. The molecule has 3 heterocycles. The molecular weight excluding hydrogens is 314 g/mol. The third-order valence-electron chi connectivity index (χ3n) is 6.33. The Morgan fingerprint density at radius 2 is 1.96 bits per heavy atom. The summed E-state index contributed by atoms with van der Waals surface area (Å²) in [6, 6.07) is 4.21. The summed E-state index contributed by atoms with van der Waals surface area (Å²) in [5.74, 6) is 1.18. The van der Waals surface area contributed by atoms with Gasteiger partial charge in [0.2, 0.25) is 5.91 Å². The Balaban J connectivity index is 1.29. The molecule has 1 amide bonds. The third-order valence-corrected chi connectivity index (χ3v) is 6.33. The molecule has 1 saturated carbocycles. The normalized spacial score (nSPS) is 28.5. The molecule has 25 heavy (non-hydrogen) atoms. The van der Waals surface area contributed by atoms with E-state index in [0.717, 1.165) is 63.1 Å². The molecule has 5 nitrogen and oxygen atoms in total. The number of rotatable bonds is 4. The number of hydrogen-bond acceptors (Lipinski definition) is 4. The van der Waals surface area contributed by atoms with E-state index in [1.807, 2.05) is 19.1 Å². The number of pyridine rings is 1. The highest BCUT2D eigenvalue weighted by atomic mass is 16.5. The molecule has 2 saturated heterocycles. The first-order chi connectivity index (χ1) is 12.2. The number of fused-ring (bicyclic) bond motifs is 1. The molecule has 2 aliphatic heterocycles. The van der Waals surface area contributed by atoms with Gasteiger partial charge in [-0.1, -0.05) is 0 Å². The van der Waals surface area contributed by atoms with Crippen molar-refractivity contribution in [2.75, 3.05) is 13.1 Å². The average Bonchev–Trinajstić information content (AvgIpc) is 3.19. The maximum atomic E-state index is 12.9. The molecule has 136 valence electrons. The molecule has 0 bridgehead atoms. The van der Waals surface area contributed by atoms with Crippen LogP contribution in [0, 0.1) is 6.92 Å². The van der Waals surface area contributed by atoms with E-state index in [9.17, 15) is 4.79 Å². The van der Waals surface area contributed by atoms with E-state index in [1.54, 1.807) is 6.20 Å². The minimum atomic E-state index is -0.180. The lowest BCUT2D eigenvalue weighted by atomic mass is 9.89. The minimum Gasteiger partial charge on any atom is -0.489 e. The van der Waals surface area contributed by atoms with Crippen molar-refractivity contribution < 1.29 is 9.53 Å². The summed E-state index contributed by atoms with van der Waals surface area (Å²) in [5.41, 5.74) is 0.764. The fourth-order valence-corrected chi connectivity index (χ4v) is 4.89. The average molecular weight is 343 g/mol. The Labute approximate surface area is 150 Å². The number of hydrogen-bond donors (Lipinski definition) is 1. The first-order valence-corrected chi connectivity index (χ1v) is 9.82. The lowest BCUT2D eigenvalue weighted by Gasteiger charge is -2.35. The van der Waals surface area contributed by atoms with Gasteiger partial charge in [0.15, 0.2) is 0 Å². The van der Waals surface area contributed by atoms with Gasteiger partial charge in [0, 0.05) is 12.2 Å². The number of carbonyl (C=O) groups excluding carboxylic acids is 1. The van der Waals surface area contributed by atoms with Crippen molar-refractivity contribution in [1.82, 2.24) is 15.2 Å². The molecule has 5 heteroatoms. The highest BCUT2D eigenvalue weighted by molar-refractivity contribution is 5.87. The fourth-order valence-electron chi connectivity index (χ4n) is 4.89. The minimum absolute atomic E-state index is 0.180. The van der Waals surface area contributed by atoms with E-state index in [0.29, 0.717) is 6.04 Å². The highest BCUT2D eigenvalue weighted by Crippen LogP contribution is 2.39. The maximum Gasteiger partial charge on any atom is 0.240 e. The van der Waals surface area contributed by atoms with Crippen LogP contribution in [-0.2, 0) is 4.79 Å².